The molecule has 1 aliphatic rings. The van der Waals surface area contributed by atoms with Gasteiger partial charge in [0.25, 0.3) is 5.91 Å². The highest BCUT2D eigenvalue weighted by molar-refractivity contribution is 6.10. The van der Waals surface area contributed by atoms with Crippen LogP contribution in [0.1, 0.15) is 32.8 Å². The van der Waals surface area contributed by atoms with E-state index in [2.05, 4.69) is 20.3 Å². The number of hydrogen-bond acceptors (Lipinski definition) is 9. The van der Waals surface area contributed by atoms with Crippen molar-refractivity contribution < 1.29 is 29.6 Å². The second kappa shape index (κ2) is 9.31. The summed E-state index contributed by atoms with van der Waals surface area (Å²) in [4.78, 5) is 38.9. The van der Waals surface area contributed by atoms with Gasteiger partial charge in [-0.1, -0.05) is 48.5 Å². The summed E-state index contributed by atoms with van der Waals surface area (Å²) in [5.74, 6) is -1.17. The van der Waals surface area contributed by atoms with Crippen molar-refractivity contribution in [3.8, 4) is 0 Å². The molecule has 5 rings (SSSR count). The SMILES string of the molecule is O=C(Nc1nc(C(=O)c2ccccc2)nc2c1ncn2C1OC[C@@H](O)[C@@H](O)[C@H]1O)c1ccccc1. The molecule has 0 aliphatic carbocycles. The zero-order valence-electron chi connectivity index (χ0n) is 18.2. The van der Waals surface area contributed by atoms with E-state index in [4.69, 9.17) is 4.74 Å². The first-order valence-electron chi connectivity index (χ1n) is 10.8. The van der Waals surface area contributed by atoms with Crippen LogP contribution in [0.2, 0.25) is 0 Å². The zero-order chi connectivity index (χ0) is 24.5. The molecular formula is C24H21N5O6. The van der Waals surface area contributed by atoms with E-state index in [9.17, 15) is 24.9 Å². The maximum Gasteiger partial charge on any atom is 0.256 e. The topological polar surface area (TPSA) is 160 Å². The van der Waals surface area contributed by atoms with E-state index in [-0.39, 0.29) is 29.4 Å². The smallest absolute Gasteiger partial charge is 0.256 e. The molecule has 1 unspecified atom stereocenters. The molecule has 0 spiro atoms. The molecule has 0 radical (unpaired) electrons. The lowest BCUT2D eigenvalue weighted by Gasteiger charge is -2.35. The van der Waals surface area contributed by atoms with Gasteiger partial charge < -0.3 is 25.4 Å². The van der Waals surface area contributed by atoms with Crippen LogP contribution >= 0.6 is 0 Å². The number of benzene rings is 2. The summed E-state index contributed by atoms with van der Waals surface area (Å²) in [6, 6.07) is 16.9. The average Bonchev–Trinajstić information content (AvgIpc) is 3.32. The minimum atomic E-state index is -1.50. The summed E-state index contributed by atoms with van der Waals surface area (Å²) in [6.45, 7) is -0.235. The number of aliphatic hydroxyl groups is 3. The molecule has 35 heavy (non-hydrogen) atoms. The van der Waals surface area contributed by atoms with Crippen molar-refractivity contribution in [3.63, 3.8) is 0 Å². The van der Waals surface area contributed by atoms with Gasteiger partial charge in [0.15, 0.2) is 23.2 Å². The van der Waals surface area contributed by atoms with Crippen molar-refractivity contribution in [1.82, 2.24) is 19.5 Å². The van der Waals surface area contributed by atoms with E-state index in [1.54, 1.807) is 60.7 Å². The van der Waals surface area contributed by atoms with E-state index in [1.807, 2.05) is 0 Å². The van der Waals surface area contributed by atoms with E-state index in [0.717, 1.165) is 0 Å². The lowest BCUT2D eigenvalue weighted by Crippen LogP contribution is -2.50. The molecule has 4 atom stereocenters. The Labute approximate surface area is 198 Å². The highest BCUT2D eigenvalue weighted by Gasteiger charge is 2.39. The fraction of sp³-hybridized carbons (Fsp3) is 0.208. The van der Waals surface area contributed by atoms with E-state index in [1.165, 1.54) is 10.9 Å². The van der Waals surface area contributed by atoms with Gasteiger partial charge in [-0.2, -0.15) is 0 Å². The van der Waals surface area contributed by atoms with Gasteiger partial charge in [-0.15, -0.1) is 0 Å². The molecule has 1 amide bonds. The molecule has 11 heteroatoms. The second-order valence-electron chi connectivity index (χ2n) is 8.01. The number of rotatable bonds is 5. The summed E-state index contributed by atoms with van der Waals surface area (Å²) < 4.78 is 6.86. The Kier molecular flexibility index (Phi) is 6.05. The van der Waals surface area contributed by atoms with Crippen LogP contribution in [-0.2, 0) is 4.74 Å². The molecule has 4 N–H and O–H groups in total. The van der Waals surface area contributed by atoms with Crippen molar-refractivity contribution in [1.29, 1.82) is 0 Å². The van der Waals surface area contributed by atoms with Crippen LogP contribution in [-0.4, -0.2) is 71.4 Å². The quantitative estimate of drug-likeness (QED) is 0.308. The number of ketones is 1. The summed E-state index contributed by atoms with van der Waals surface area (Å²) in [5.41, 5.74) is 0.953. The highest BCUT2D eigenvalue weighted by atomic mass is 16.5. The third-order valence-electron chi connectivity index (χ3n) is 5.68. The number of nitrogens with one attached hydrogen (secondary N) is 1. The van der Waals surface area contributed by atoms with Gasteiger partial charge in [-0.3, -0.25) is 14.2 Å². The Balaban J connectivity index is 1.61. The zero-order valence-corrected chi connectivity index (χ0v) is 18.2. The molecular weight excluding hydrogens is 454 g/mol. The Morgan fingerprint density at radius 1 is 0.914 bits per heavy atom. The number of carbonyl (C=O) groups excluding carboxylic acids is 2. The van der Waals surface area contributed by atoms with Crippen molar-refractivity contribution in [2.24, 2.45) is 0 Å². The average molecular weight is 475 g/mol. The first kappa shape index (κ1) is 22.7. The monoisotopic (exact) mass is 475 g/mol. The van der Waals surface area contributed by atoms with Crippen LogP contribution in [0.15, 0.2) is 67.0 Å². The number of ether oxygens (including phenoxy) is 1. The number of anilines is 1. The van der Waals surface area contributed by atoms with Crippen molar-refractivity contribution >= 4 is 28.7 Å². The fourth-order valence-electron chi connectivity index (χ4n) is 3.81. The van der Waals surface area contributed by atoms with Gasteiger partial charge in [0.1, 0.15) is 18.3 Å². The Hall–Kier alpha value is -4.03. The van der Waals surface area contributed by atoms with Gasteiger partial charge in [-0.05, 0) is 12.1 Å². The maximum atomic E-state index is 13.1. The minimum Gasteiger partial charge on any atom is -0.388 e. The Bertz CT molecular complexity index is 1380. The minimum absolute atomic E-state index is 0.00670. The largest absolute Gasteiger partial charge is 0.388 e. The lowest BCUT2D eigenvalue weighted by molar-refractivity contribution is -0.210. The van der Waals surface area contributed by atoms with Crippen molar-refractivity contribution in [2.45, 2.75) is 24.5 Å². The molecule has 11 nitrogen and oxygen atoms in total. The molecule has 2 aromatic carbocycles. The predicted octanol–water partition coefficient (Wildman–Crippen LogP) is 0.921. The van der Waals surface area contributed by atoms with E-state index < -0.39 is 36.2 Å². The number of imidazole rings is 1. The van der Waals surface area contributed by atoms with Gasteiger partial charge >= 0.3 is 0 Å². The molecule has 0 bridgehead atoms. The van der Waals surface area contributed by atoms with E-state index in [0.29, 0.717) is 11.1 Å². The standard InChI is InChI=1S/C24H21N5O6/c30-15-11-35-24(19(33)18(15)32)29-12-25-16-20(28-23(34)14-9-5-2-6-10-14)26-21(27-22(16)29)17(31)13-7-3-1-4-8-13/h1-10,12,15,18-19,24,30,32-33H,11H2,(H,26,27,28,34)/t15-,18-,19-,24?/m1/s1. The van der Waals surface area contributed by atoms with Gasteiger partial charge in [-0.25, -0.2) is 15.0 Å². The number of carbonyl (C=O) groups is 2. The molecule has 1 saturated heterocycles. The predicted molar refractivity (Wildman–Crippen MR) is 123 cm³/mol. The number of nitrogens with zero attached hydrogens (tertiary/aromatic N) is 4. The summed E-state index contributed by atoms with van der Waals surface area (Å²) >= 11 is 0. The summed E-state index contributed by atoms with van der Waals surface area (Å²) in [5, 5.41) is 33.1. The number of hydrogen-bond donors (Lipinski definition) is 4. The maximum absolute atomic E-state index is 13.1. The van der Waals surface area contributed by atoms with Crippen LogP contribution in [0.3, 0.4) is 0 Å². The van der Waals surface area contributed by atoms with Gasteiger partial charge in [0, 0.05) is 11.1 Å². The first-order valence-corrected chi connectivity index (χ1v) is 10.8. The Morgan fingerprint density at radius 2 is 1.57 bits per heavy atom. The second-order valence-corrected chi connectivity index (χ2v) is 8.01. The molecule has 178 valence electrons. The summed E-state index contributed by atoms with van der Waals surface area (Å²) in [6.07, 6.45) is -4.07. The normalized spacial score (nSPS) is 22.1. The van der Waals surface area contributed by atoms with Crippen molar-refractivity contribution in [3.05, 3.63) is 83.9 Å². The molecule has 1 aliphatic heterocycles. The third kappa shape index (κ3) is 4.29. The summed E-state index contributed by atoms with van der Waals surface area (Å²) in [7, 11) is 0. The van der Waals surface area contributed by atoms with Crippen LogP contribution < -0.4 is 5.32 Å². The third-order valence-corrected chi connectivity index (χ3v) is 5.68. The molecule has 0 saturated carbocycles. The molecule has 1 fully saturated rings. The Morgan fingerprint density at radius 3 is 2.26 bits per heavy atom. The molecule has 2 aromatic heterocycles. The van der Waals surface area contributed by atoms with Crippen LogP contribution in [0.5, 0.6) is 0 Å². The van der Waals surface area contributed by atoms with Crippen molar-refractivity contribution in [2.75, 3.05) is 11.9 Å². The van der Waals surface area contributed by atoms with Crippen LogP contribution in [0.25, 0.3) is 11.2 Å². The van der Waals surface area contributed by atoms with E-state index >= 15 is 0 Å². The van der Waals surface area contributed by atoms with Crippen LogP contribution in [0, 0.1) is 0 Å². The highest BCUT2D eigenvalue weighted by Crippen LogP contribution is 2.29. The lowest BCUT2D eigenvalue weighted by atomic mass is 10.0. The van der Waals surface area contributed by atoms with Crippen LogP contribution in [0.4, 0.5) is 5.82 Å². The fourth-order valence-corrected chi connectivity index (χ4v) is 3.81. The molecule has 3 heterocycles. The van der Waals surface area contributed by atoms with Gasteiger partial charge in [0.2, 0.25) is 11.6 Å². The number of amides is 1. The van der Waals surface area contributed by atoms with Gasteiger partial charge in [0.05, 0.1) is 12.9 Å². The number of aliphatic hydroxyl groups excluding tert-OH is 3. The molecule has 4 aromatic rings. The number of aromatic nitrogens is 4. The number of fused-ring (bicyclic) bond motifs is 1. The first-order chi connectivity index (χ1) is 16.9.